The molecule has 130 heavy (non-hydrogen) atoms. The first-order valence-electron chi connectivity index (χ1n) is 46.2. The number of nitrogens with zero attached hydrogens (tertiary/aromatic N) is 10. The van der Waals surface area contributed by atoms with Crippen LogP contribution in [0.3, 0.4) is 0 Å². The highest BCUT2D eigenvalue weighted by Crippen LogP contribution is 2.59. The lowest BCUT2D eigenvalue weighted by atomic mass is 9.89. The molecule has 0 radical (unpaired) electrons. The third-order valence-electron chi connectivity index (χ3n) is 29.4. The number of ether oxygens (including phenoxy) is 2. The van der Waals surface area contributed by atoms with Gasteiger partial charge in [0.25, 0.3) is 11.8 Å². The molecule has 22 rings (SSSR count). The summed E-state index contributed by atoms with van der Waals surface area (Å²) in [4.78, 5) is 129. The predicted octanol–water partition coefficient (Wildman–Crippen LogP) is 17.8. The van der Waals surface area contributed by atoms with Crippen LogP contribution in [-0.4, -0.2) is 170 Å². The third kappa shape index (κ3) is 15.4. The zero-order valence-corrected chi connectivity index (χ0v) is 73.7. The molecule has 664 valence electrons. The molecule has 24 nitrogen and oxygen atoms in total. The molecule has 8 aromatic carbocycles. The minimum Gasteiger partial charge on any atom is -0.453 e. The number of aromatic amines is 4. The van der Waals surface area contributed by atoms with Gasteiger partial charge in [0.05, 0.1) is 73.6 Å². The molecule has 4 aliphatic heterocycles. The van der Waals surface area contributed by atoms with E-state index in [1.807, 2.05) is 125 Å². The molecule has 8 fully saturated rings. The van der Waals surface area contributed by atoms with Crippen molar-refractivity contribution in [1.82, 2.24) is 79.9 Å². The molecule has 26 heteroatoms. The van der Waals surface area contributed by atoms with E-state index in [9.17, 15) is 28.8 Å². The average Bonchev–Trinajstić information content (AvgIpc) is 1.59. The highest BCUT2D eigenvalue weighted by atomic mass is 19.1. The first kappa shape index (κ1) is 83.7. The maximum absolute atomic E-state index is 16.2. The maximum Gasteiger partial charge on any atom is 0.407 e. The van der Waals surface area contributed by atoms with Crippen LogP contribution in [0.25, 0.3) is 67.3 Å². The van der Waals surface area contributed by atoms with E-state index in [0.717, 1.165) is 188 Å². The molecule has 16 atom stereocenters. The number of carbonyl (C=O) groups excluding carboxylic acids is 6. The van der Waals surface area contributed by atoms with Crippen LogP contribution in [0.4, 0.5) is 18.4 Å². The van der Waals surface area contributed by atoms with Crippen molar-refractivity contribution in [1.29, 1.82) is 0 Å². The molecule has 6 N–H and O–H groups in total. The summed E-state index contributed by atoms with van der Waals surface area (Å²) in [7, 11) is 2.55. The number of nitrogens with one attached hydrogen (secondary N) is 6. The van der Waals surface area contributed by atoms with Gasteiger partial charge in [-0.3, -0.25) is 29.0 Å². The van der Waals surface area contributed by atoms with Crippen molar-refractivity contribution in [2.75, 3.05) is 40.4 Å². The van der Waals surface area contributed by atoms with Crippen LogP contribution in [0, 0.1) is 35.3 Å². The smallest absolute Gasteiger partial charge is 0.407 e. The Morgan fingerprint density at radius 3 is 1.03 bits per heavy atom. The molecule has 4 aromatic heterocycles. The summed E-state index contributed by atoms with van der Waals surface area (Å²) < 4.78 is 42.1. The Kier molecular flexibility index (Phi) is 22.1. The number of amides is 6. The molecule has 4 saturated heterocycles. The number of carbonyl (C=O) groups is 6. The van der Waals surface area contributed by atoms with Gasteiger partial charge in [0.15, 0.2) is 0 Å². The van der Waals surface area contributed by atoms with Gasteiger partial charge in [-0.1, -0.05) is 198 Å². The Balaban J connectivity index is 0.000000157. The van der Waals surface area contributed by atoms with E-state index in [-0.39, 0.29) is 89.9 Å². The number of methoxy groups -OCH3 is 2. The van der Waals surface area contributed by atoms with E-state index in [1.165, 1.54) is 25.8 Å². The number of fused-ring (bicyclic) bond motifs is 10. The fraction of sp³-hybridized carbons (Fsp3) is 0.365. The highest BCUT2D eigenvalue weighted by Gasteiger charge is 2.61. The van der Waals surface area contributed by atoms with Gasteiger partial charge in [-0.25, -0.2) is 38.3 Å². The van der Waals surface area contributed by atoms with Crippen LogP contribution in [0.2, 0.25) is 0 Å². The molecule has 10 aliphatic rings. The van der Waals surface area contributed by atoms with Crippen molar-refractivity contribution in [3.8, 4) is 67.3 Å². The number of halogens is 2. The van der Waals surface area contributed by atoms with Gasteiger partial charge in [-0.05, 0) is 207 Å². The number of benzene rings is 8. The second kappa shape index (κ2) is 34.3. The molecule has 0 bridgehead atoms. The van der Waals surface area contributed by atoms with Crippen LogP contribution < -0.4 is 10.6 Å². The van der Waals surface area contributed by atoms with Gasteiger partial charge in [0.1, 0.15) is 59.1 Å². The monoisotopic (exact) mass is 1740 g/mol. The Morgan fingerprint density at radius 2 is 0.700 bits per heavy atom. The second-order valence-corrected chi connectivity index (χ2v) is 36.7. The molecular formula is C104H106F2N16O8. The van der Waals surface area contributed by atoms with Gasteiger partial charge in [-0.2, -0.15) is 0 Å². The zero-order chi connectivity index (χ0) is 89.0. The molecule has 12 aromatic rings. The number of piperidine rings is 4. The fourth-order valence-electron chi connectivity index (χ4n) is 22.4. The van der Waals surface area contributed by atoms with Crippen molar-refractivity contribution in [2.45, 2.75) is 177 Å². The topological polar surface area (TPSA) is 279 Å². The minimum atomic E-state index is -0.935. The number of aromatic nitrogens is 8. The van der Waals surface area contributed by atoms with Crippen molar-refractivity contribution in [3.05, 3.63) is 286 Å². The second-order valence-electron chi connectivity index (χ2n) is 36.7. The van der Waals surface area contributed by atoms with Gasteiger partial charge in [0, 0.05) is 57.8 Å². The number of H-pyrrole nitrogens is 4. The summed E-state index contributed by atoms with van der Waals surface area (Å²) in [6.45, 7) is 11.6. The van der Waals surface area contributed by atoms with Gasteiger partial charge < -0.3 is 59.6 Å². The summed E-state index contributed by atoms with van der Waals surface area (Å²) in [5.41, 5.74) is 17.0. The van der Waals surface area contributed by atoms with E-state index >= 15 is 8.78 Å². The number of likely N-dealkylation sites (N-methyl/N-ethyl adjacent to an activating group) is 2. The van der Waals surface area contributed by atoms with Crippen LogP contribution in [0.1, 0.15) is 195 Å². The Labute approximate surface area is 753 Å². The number of rotatable bonds is 24. The first-order chi connectivity index (χ1) is 63.4. The van der Waals surface area contributed by atoms with Gasteiger partial charge in [0.2, 0.25) is 11.8 Å². The summed E-state index contributed by atoms with van der Waals surface area (Å²) >= 11 is 0. The number of hydrogen-bond acceptors (Lipinski definition) is 14. The molecule has 4 saturated carbocycles. The first-order valence-corrected chi connectivity index (χ1v) is 46.2. The quantitative estimate of drug-likeness (QED) is 0.0328. The Hall–Kier alpha value is -13.2. The van der Waals surface area contributed by atoms with Gasteiger partial charge >= 0.3 is 12.2 Å². The normalized spacial score (nSPS) is 23.3. The van der Waals surface area contributed by atoms with E-state index < -0.39 is 30.1 Å². The molecular weight excluding hydrogens is 1640 g/mol. The SMILES string of the molecule is CCN(CC)[C@@H](C(=O)N1[C@@H]2C[C@@H]2C[C@H]1c1ncc(-c2ccc(-c3ccc4c(c3)CCc3[nH]c([C@@H]5C[C@H]6C[C@H]6N5C(=O)[C@@H](c5ccccc5)N(CC)CC)nc3-4)cc2F)[nH]1)c1ccccc1.COC(=O)N[C@@H](C(=O)N1[C@@H]2C[C@@H]2C[C@H]1c1ncc(-c2ccc(-c3ccc4c(c3)CCc3[nH]c([C@@H]5C[C@H]6C[C@H]6N5C(=O)[C@H](NC(=O)OC)c5ccccc5)nc3-4)cc2F)[nH]1)c1ccccc1. The Morgan fingerprint density at radius 1 is 0.385 bits per heavy atom. The van der Waals surface area contributed by atoms with E-state index in [4.69, 9.17) is 24.4 Å². The van der Waals surface area contributed by atoms with Crippen molar-refractivity contribution in [2.24, 2.45) is 23.7 Å². The predicted molar refractivity (Wildman–Crippen MR) is 487 cm³/mol. The molecule has 0 spiro atoms. The number of alkyl carbamates (subject to hydrolysis) is 2. The summed E-state index contributed by atoms with van der Waals surface area (Å²) in [6.07, 6.45) is 12.3. The van der Waals surface area contributed by atoms with Crippen LogP contribution in [-0.2, 0) is 54.3 Å². The van der Waals surface area contributed by atoms with Crippen molar-refractivity contribution >= 4 is 35.8 Å². The number of imidazole rings is 4. The Bertz CT molecular complexity index is 6330. The van der Waals surface area contributed by atoms with Crippen molar-refractivity contribution < 1.29 is 47.0 Å². The highest BCUT2D eigenvalue weighted by molar-refractivity contribution is 5.91. The van der Waals surface area contributed by atoms with Crippen LogP contribution >= 0.6 is 0 Å². The zero-order valence-electron chi connectivity index (χ0n) is 73.7. The van der Waals surface area contributed by atoms with E-state index in [2.05, 4.69) is 131 Å². The third-order valence-corrected chi connectivity index (χ3v) is 29.4. The largest absolute Gasteiger partial charge is 0.453 e. The van der Waals surface area contributed by atoms with E-state index in [0.29, 0.717) is 69.0 Å². The average molecular weight is 1750 g/mol. The van der Waals surface area contributed by atoms with Crippen molar-refractivity contribution in [3.63, 3.8) is 0 Å². The lowest BCUT2D eigenvalue weighted by Gasteiger charge is -2.35. The molecule has 8 heterocycles. The fourth-order valence-corrected chi connectivity index (χ4v) is 22.4. The molecule has 6 amide bonds. The van der Waals surface area contributed by atoms with E-state index in [1.54, 1.807) is 36.7 Å². The lowest BCUT2D eigenvalue weighted by molar-refractivity contribution is -0.140. The van der Waals surface area contributed by atoms with Crippen LogP contribution in [0.5, 0.6) is 0 Å². The summed E-state index contributed by atoms with van der Waals surface area (Å²) in [6, 6.07) is 59.0. The molecule has 0 unspecified atom stereocenters. The number of hydrogen-bond donors (Lipinski definition) is 6. The summed E-state index contributed by atoms with van der Waals surface area (Å²) in [5.74, 6) is 3.74. The summed E-state index contributed by atoms with van der Waals surface area (Å²) in [5, 5.41) is 5.48. The van der Waals surface area contributed by atoms with Gasteiger partial charge in [-0.15, -0.1) is 0 Å². The standard InChI is InChI=1S/C54H59FN8O2.C50H47FN8O6/c1-5-60(6-2)49(32-15-11-9-12-16-32)53(64)62-44-27-37(44)29-46(62)51-56-31-43(58-51)40-23-20-35(26-41(40)55)34-19-22-39-36(25-34)21-24-42-48(39)59-52(57-42)47-30-38-28-45(38)63(47)54(65)50(61(7-3)8-4)33-17-13-10-14-18-33;1-64-49(62)56-42(26-9-5-3-6-10-26)47(60)58-38-21-31(38)23-40(58)45-52-25-37(54-45)34-17-14-29(20-35(34)51)28-13-16-33-30(19-28)15-18-36-44(33)55-46(53-36)41-24-32-22-39(32)59(41)48(61)43(57-50(63)65-2)27-11-7-4-8-12-27/h9-20,22-23,25-26,31,37-38,44-47,49-50H,5-8,21,24,27-30H2,1-4H3,(H,56,58)(H,57,59);3-14,16-17,19-20,25,31-32,38-43H,15,18,21-24H2,1-2H3,(H,52,54)(H,53,55)(H,56,62)(H,57,63)/t37-,38-,44-,45-,46+,47+,49-,50-;31-,32-,38-,39-,40+,41+,42-,43-/m11/s1. The maximum atomic E-state index is 16.2. The van der Waals surface area contributed by atoms with Crippen LogP contribution in [0.15, 0.2) is 207 Å². The number of aryl methyl sites for hydroxylation is 4. The number of likely N-dealkylation sites (tertiary alicyclic amines) is 4. The minimum absolute atomic E-state index is 0.0382. The molecule has 6 aliphatic carbocycles. The lowest BCUT2D eigenvalue weighted by Crippen LogP contribution is -2.44.